The Kier molecular flexibility index (Phi) is 5.53. The molecular formula is C28H22N2OS. The van der Waals surface area contributed by atoms with E-state index in [1.54, 1.807) is 11.3 Å². The van der Waals surface area contributed by atoms with E-state index in [9.17, 15) is 4.79 Å². The average Bonchev–Trinajstić information content (AvgIpc) is 3.29. The molecule has 2 heterocycles. The van der Waals surface area contributed by atoms with Crippen LogP contribution < -0.4 is 5.32 Å². The van der Waals surface area contributed by atoms with Crippen molar-refractivity contribution in [3.63, 3.8) is 0 Å². The summed E-state index contributed by atoms with van der Waals surface area (Å²) in [5, 5.41) is 4.13. The largest absolute Gasteiger partial charge is 0.341 e. The van der Waals surface area contributed by atoms with Crippen molar-refractivity contribution >= 4 is 28.1 Å². The normalized spacial score (nSPS) is 11.1. The lowest BCUT2D eigenvalue weighted by atomic mass is 9.97. The molecule has 3 aromatic carbocycles. The van der Waals surface area contributed by atoms with Gasteiger partial charge in [-0.25, -0.2) is 4.98 Å². The van der Waals surface area contributed by atoms with E-state index in [0.717, 1.165) is 32.6 Å². The van der Waals surface area contributed by atoms with Crippen molar-refractivity contribution < 1.29 is 4.79 Å². The van der Waals surface area contributed by atoms with Gasteiger partial charge >= 0.3 is 0 Å². The van der Waals surface area contributed by atoms with Crippen molar-refractivity contribution in [2.75, 3.05) is 0 Å². The standard InChI is InChI=1S/C28H22N2OS/c1-19-16-17-26(32-19)25-18-23(22-14-8-9-15-24(22)29-25)28(31)30-27(20-10-4-2-5-11-20)21-12-6-3-7-13-21/h2-18,27H,1H3,(H,30,31). The van der Waals surface area contributed by atoms with Crippen LogP contribution in [0, 0.1) is 6.92 Å². The molecular weight excluding hydrogens is 412 g/mol. The van der Waals surface area contributed by atoms with E-state index in [1.807, 2.05) is 91.0 Å². The van der Waals surface area contributed by atoms with Gasteiger partial charge in [0.25, 0.3) is 5.91 Å². The van der Waals surface area contributed by atoms with E-state index >= 15 is 0 Å². The molecule has 3 nitrogen and oxygen atoms in total. The van der Waals surface area contributed by atoms with Gasteiger partial charge in [-0.05, 0) is 42.3 Å². The summed E-state index contributed by atoms with van der Waals surface area (Å²) >= 11 is 1.68. The van der Waals surface area contributed by atoms with Gasteiger partial charge in [-0.3, -0.25) is 4.79 Å². The van der Waals surface area contributed by atoms with Crippen LogP contribution in [0.15, 0.2) is 103 Å². The van der Waals surface area contributed by atoms with Gasteiger partial charge in [0.05, 0.1) is 27.7 Å². The van der Waals surface area contributed by atoms with E-state index in [-0.39, 0.29) is 11.9 Å². The number of nitrogens with one attached hydrogen (secondary N) is 1. The molecule has 0 radical (unpaired) electrons. The molecule has 0 unspecified atom stereocenters. The number of carbonyl (C=O) groups is 1. The second-order valence-electron chi connectivity index (χ2n) is 7.71. The summed E-state index contributed by atoms with van der Waals surface area (Å²) in [6.07, 6.45) is 0. The number of nitrogens with zero attached hydrogens (tertiary/aromatic N) is 1. The average molecular weight is 435 g/mol. The first kappa shape index (κ1) is 20.2. The molecule has 0 atom stereocenters. The van der Waals surface area contributed by atoms with Gasteiger partial charge in [0.15, 0.2) is 0 Å². The van der Waals surface area contributed by atoms with Gasteiger partial charge in [-0.15, -0.1) is 11.3 Å². The predicted octanol–water partition coefficient (Wildman–Crippen LogP) is 6.79. The zero-order valence-electron chi connectivity index (χ0n) is 17.7. The molecule has 0 aliphatic carbocycles. The fourth-order valence-electron chi connectivity index (χ4n) is 3.92. The number of aryl methyl sites for hydroxylation is 1. The van der Waals surface area contributed by atoms with Crippen molar-refractivity contribution in [2.24, 2.45) is 0 Å². The Balaban J connectivity index is 1.59. The second-order valence-corrected chi connectivity index (χ2v) is 9.00. The van der Waals surface area contributed by atoms with Gasteiger partial charge in [0.2, 0.25) is 0 Å². The fourth-order valence-corrected chi connectivity index (χ4v) is 4.75. The smallest absolute Gasteiger partial charge is 0.252 e. The molecule has 156 valence electrons. The number of para-hydroxylation sites is 1. The minimum Gasteiger partial charge on any atom is -0.341 e. The number of aromatic nitrogens is 1. The maximum Gasteiger partial charge on any atom is 0.252 e. The molecule has 1 amide bonds. The number of rotatable bonds is 5. The Morgan fingerprint density at radius 2 is 1.44 bits per heavy atom. The van der Waals surface area contributed by atoms with Crippen molar-refractivity contribution in [3.05, 3.63) is 125 Å². The first-order valence-corrected chi connectivity index (χ1v) is 11.4. The van der Waals surface area contributed by atoms with E-state index in [4.69, 9.17) is 4.98 Å². The van der Waals surface area contributed by atoms with E-state index in [0.29, 0.717) is 5.56 Å². The topological polar surface area (TPSA) is 42.0 Å². The van der Waals surface area contributed by atoms with Gasteiger partial charge in [-0.2, -0.15) is 0 Å². The van der Waals surface area contributed by atoms with Crippen LogP contribution in [0.4, 0.5) is 0 Å². The van der Waals surface area contributed by atoms with Crippen LogP contribution in [0.5, 0.6) is 0 Å². The molecule has 0 fully saturated rings. The Morgan fingerprint density at radius 1 is 0.812 bits per heavy atom. The number of hydrogen-bond donors (Lipinski definition) is 1. The van der Waals surface area contributed by atoms with E-state index in [1.165, 1.54) is 4.88 Å². The van der Waals surface area contributed by atoms with Gasteiger partial charge in [-0.1, -0.05) is 78.9 Å². The molecule has 0 saturated carbocycles. The molecule has 4 heteroatoms. The second kappa shape index (κ2) is 8.77. The van der Waals surface area contributed by atoms with Gasteiger partial charge in [0, 0.05) is 10.3 Å². The van der Waals surface area contributed by atoms with Crippen molar-refractivity contribution in [1.82, 2.24) is 10.3 Å². The first-order chi connectivity index (χ1) is 15.7. The number of amides is 1. The molecule has 0 aliphatic heterocycles. The highest BCUT2D eigenvalue weighted by atomic mass is 32.1. The molecule has 5 rings (SSSR count). The van der Waals surface area contributed by atoms with Crippen molar-refractivity contribution in [3.8, 4) is 10.6 Å². The van der Waals surface area contributed by atoms with Crippen LogP contribution in [0.25, 0.3) is 21.5 Å². The Bertz CT molecular complexity index is 1340. The Morgan fingerprint density at radius 3 is 2.06 bits per heavy atom. The van der Waals surface area contributed by atoms with Gasteiger partial charge < -0.3 is 5.32 Å². The minimum absolute atomic E-state index is 0.115. The number of hydrogen-bond acceptors (Lipinski definition) is 3. The Labute approximate surface area is 191 Å². The van der Waals surface area contributed by atoms with Crippen molar-refractivity contribution in [1.29, 1.82) is 0 Å². The quantitative estimate of drug-likeness (QED) is 0.331. The summed E-state index contributed by atoms with van der Waals surface area (Å²) in [6, 6.07) is 33.8. The molecule has 2 aromatic heterocycles. The van der Waals surface area contributed by atoms with Crippen LogP contribution in [0.3, 0.4) is 0 Å². The lowest BCUT2D eigenvalue weighted by molar-refractivity contribution is 0.0944. The highest BCUT2D eigenvalue weighted by molar-refractivity contribution is 7.15. The lowest BCUT2D eigenvalue weighted by Crippen LogP contribution is -2.29. The third-order valence-electron chi connectivity index (χ3n) is 5.49. The molecule has 0 bridgehead atoms. The number of fused-ring (bicyclic) bond motifs is 1. The van der Waals surface area contributed by atoms with Crippen molar-refractivity contribution in [2.45, 2.75) is 13.0 Å². The molecule has 32 heavy (non-hydrogen) atoms. The predicted molar refractivity (Wildman–Crippen MR) is 132 cm³/mol. The monoisotopic (exact) mass is 434 g/mol. The van der Waals surface area contributed by atoms with E-state index in [2.05, 4.69) is 24.4 Å². The number of pyridine rings is 1. The molecule has 0 aliphatic rings. The maximum atomic E-state index is 13.7. The molecule has 0 saturated heterocycles. The first-order valence-electron chi connectivity index (χ1n) is 10.6. The molecule has 1 N–H and O–H groups in total. The van der Waals surface area contributed by atoms with Gasteiger partial charge in [0.1, 0.15) is 0 Å². The summed E-state index contributed by atoms with van der Waals surface area (Å²) in [5.41, 5.74) is 4.35. The highest BCUT2D eigenvalue weighted by Crippen LogP contribution is 2.30. The van der Waals surface area contributed by atoms with Crippen LogP contribution in [-0.2, 0) is 0 Å². The summed E-state index contributed by atoms with van der Waals surface area (Å²) in [5.74, 6) is -0.115. The van der Waals surface area contributed by atoms with Crippen LogP contribution in [0.2, 0.25) is 0 Å². The van der Waals surface area contributed by atoms with Crippen LogP contribution in [-0.4, -0.2) is 10.9 Å². The lowest BCUT2D eigenvalue weighted by Gasteiger charge is -2.20. The Hall–Kier alpha value is -3.76. The molecule has 0 spiro atoms. The molecule has 5 aromatic rings. The van der Waals surface area contributed by atoms with Crippen LogP contribution in [0.1, 0.15) is 32.4 Å². The number of carbonyl (C=O) groups excluding carboxylic acids is 1. The minimum atomic E-state index is -0.246. The maximum absolute atomic E-state index is 13.7. The third-order valence-corrected chi connectivity index (χ3v) is 6.52. The summed E-state index contributed by atoms with van der Waals surface area (Å²) in [4.78, 5) is 20.8. The number of thiophene rings is 1. The number of benzene rings is 3. The van der Waals surface area contributed by atoms with E-state index < -0.39 is 0 Å². The summed E-state index contributed by atoms with van der Waals surface area (Å²) < 4.78 is 0. The summed E-state index contributed by atoms with van der Waals surface area (Å²) in [6.45, 7) is 2.08. The fraction of sp³-hybridized carbons (Fsp3) is 0.0714. The highest BCUT2D eigenvalue weighted by Gasteiger charge is 2.20. The third kappa shape index (κ3) is 4.05. The zero-order valence-corrected chi connectivity index (χ0v) is 18.5. The SMILES string of the molecule is Cc1ccc(-c2cc(C(=O)NC(c3ccccc3)c3ccccc3)c3ccccc3n2)s1. The van der Waals surface area contributed by atoms with Crippen LogP contribution >= 0.6 is 11.3 Å². The summed E-state index contributed by atoms with van der Waals surface area (Å²) in [7, 11) is 0. The zero-order chi connectivity index (χ0) is 21.9.